The van der Waals surface area contributed by atoms with Crippen molar-refractivity contribution >= 4 is 11.9 Å². The number of nitrogens with one attached hydrogen (secondary N) is 1. The molecule has 0 radical (unpaired) electrons. The number of nitrogens with zero attached hydrogens (tertiary/aromatic N) is 4. The minimum atomic E-state index is -0.449. The van der Waals surface area contributed by atoms with E-state index in [1.807, 2.05) is 54.6 Å². The zero-order chi connectivity index (χ0) is 20.6. The third kappa shape index (κ3) is 5.97. The summed E-state index contributed by atoms with van der Waals surface area (Å²) in [7, 11) is 0. The summed E-state index contributed by atoms with van der Waals surface area (Å²) in [5, 5.41) is 14.0. The molecular weight excluding hydrogens is 370 g/mol. The number of carbonyl (C=O) groups excluding carboxylic acids is 2. The van der Waals surface area contributed by atoms with Gasteiger partial charge in [0, 0.05) is 0 Å². The lowest BCUT2D eigenvalue weighted by atomic mass is 10.0. The SMILES string of the molecule is CC(C)OC(=O)CC(NC(=O)Cc1ccc(-n2cnnn2)cc1)c1ccccc1. The first-order valence-electron chi connectivity index (χ1n) is 9.37. The van der Waals surface area contributed by atoms with Crippen molar-refractivity contribution in [2.75, 3.05) is 0 Å². The zero-order valence-electron chi connectivity index (χ0n) is 16.4. The van der Waals surface area contributed by atoms with Gasteiger partial charge in [-0.3, -0.25) is 9.59 Å². The molecule has 0 saturated carbocycles. The first kappa shape index (κ1) is 20.2. The van der Waals surface area contributed by atoms with Crippen LogP contribution in [-0.4, -0.2) is 38.2 Å². The highest BCUT2D eigenvalue weighted by atomic mass is 16.5. The summed E-state index contributed by atoms with van der Waals surface area (Å²) >= 11 is 0. The highest BCUT2D eigenvalue weighted by Gasteiger charge is 2.20. The number of ether oxygens (including phenoxy) is 1. The molecule has 1 N–H and O–H groups in total. The summed E-state index contributed by atoms with van der Waals surface area (Å²) in [6, 6.07) is 16.3. The summed E-state index contributed by atoms with van der Waals surface area (Å²) in [6.45, 7) is 3.60. The quantitative estimate of drug-likeness (QED) is 0.590. The molecule has 2 aromatic carbocycles. The van der Waals surface area contributed by atoms with Gasteiger partial charge >= 0.3 is 5.97 Å². The third-order valence-corrected chi connectivity index (χ3v) is 4.19. The van der Waals surface area contributed by atoms with Gasteiger partial charge in [0.05, 0.1) is 30.7 Å². The molecule has 29 heavy (non-hydrogen) atoms. The second kappa shape index (κ2) is 9.59. The van der Waals surface area contributed by atoms with Crippen LogP contribution in [0.2, 0.25) is 0 Å². The van der Waals surface area contributed by atoms with Crippen molar-refractivity contribution in [2.24, 2.45) is 0 Å². The van der Waals surface area contributed by atoms with E-state index in [1.165, 1.54) is 11.0 Å². The summed E-state index contributed by atoms with van der Waals surface area (Å²) < 4.78 is 6.78. The van der Waals surface area contributed by atoms with E-state index in [0.29, 0.717) is 0 Å². The first-order valence-corrected chi connectivity index (χ1v) is 9.37. The molecule has 3 aromatic rings. The van der Waals surface area contributed by atoms with Gasteiger partial charge in [0.1, 0.15) is 6.33 Å². The number of tetrazole rings is 1. The fourth-order valence-electron chi connectivity index (χ4n) is 2.89. The van der Waals surface area contributed by atoms with Crippen LogP contribution in [0.25, 0.3) is 5.69 Å². The normalized spacial score (nSPS) is 11.8. The molecule has 0 fully saturated rings. The second-order valence-electron chi connectivity index (χ2n) is 6.87. The van der Waals surface area contributed by atoms with Gasteiger partial charge in [-0.05, 0) is 47.5 Å². The Morgan fingerprint density at radius 2 is 1.79 bits per heavy atom. The van der Waals surface area contributed by atoms with E-state index in [0.717, 1.165) is 16.8 Å². The van der Waals surface area contributed by atoms with Crippen molar-refractivity contribution in [1.29, 1.82) is 0 Å². The Bertz CT molecular complexity index is 925. The van der Waals surface area contributed by atoms with Crippen molar-refractivity contribution < 1.29 is 14.3 Å². The maximum absolute atomic E-state index is 12.6. The lowest BCUT2D eigenvalue weighted by Gasteiger charge is -2.19. The maximum atomic E-state index is 12.6. The molecule has 1 amide bonds. The number of aromatic nitrogens is 4. The van der Waals surface area contributed by atoms with Gasteiger partial charge in [-0.25, -0.2) is 4.68 Å². The Morgan fingerprint density at radius 1 is 1.07 bits per heavy atom. The summed E-state index contributed by atoms with van der Waals surface area (Å²) in [4.78, 5) is 24.7. The van der Waals surface area contributed by atoms with Crippen molar-refractivity contribution in [3.8, 4) is 5.69 Å². The van der Waals surface area contributed by atoms with Crippen LogP contribution in [0.1, 0.15) is 37.4 Å². The number of hydrogen-bond donors (Lipinski definition) is 1. The van der Waals surface area contributed by atoms with Crippen LogP contribution in [0.5, 0.6) is 0 Å². The Labute approximate surface area is 168 Å². The van der Waals surface area contributed by atoms with Crippen molar-refractivity contribution in [2.45, 2.75) is 38.8 Å². The van der Waals surface area contributed by atoms with Crippen molar-refractivity contribution in [3.63, 3.8) is 0 Å². The molecule has 3 rings (SSSR count). The number of esters is 1. The lowest BCUT2D eigenvalue weighted by molar-refractivity contribution is -0.148. The first-order chi connectivity index (χ1) is 14.0. The van der Waals surface area contributed by atoms with Gasteiger partial charge < -0.3 is 10.1 Å². The van der Waals surface area contributed by atoms with Crippen LogP contribution in [0.15, 0.2) is 60.9 Å². The fourth-order valence-corrected chi connectivity index (χ4v) is 2.89. The van der Waals surface area contributed by atoms with Gasteiger partial charge in [-0.15, -0.1) is 5.10 Å². The van der Waals surface area contributed by atoms with Gasteiger partial charge in [-0.2, -0.15) is 0 Å². The van der Waals surface area contributed by atoms with E-state index in [1.54, 1.807) is 13.8 Å². The number of hydrogen-bond acceptors (Lipinski definition) is 6. The van der Waals surface area contributed by atoms with Crippen LogP contribution < -0.4 is 5.32 Å². The van der Waals surface area contributed by atoms with E-state index < -0.39 is 6.04 Å². The van der Waals surface area contributed by atoms with Crippen molar-refractivity contribution in [1.82, 2.24) is 25.5 Å². The Balaban J connectivity index is 1.65. The summed E-state index contributed by atoms with van der Waals surface area (Å²) in [5.74, 6) is -0.522. The molecule has 0 spiro atoms. The molecule has 8 heteroatoms. The molecule has 0 aliphatic heterocycles. The van der Waals surface area contributed by atoms with Crippen LogP contribution in [-0.2, 0) is 20.7 Å². The average molecular weight is 393 g/mol. The number of amides is 1. The largest absolute Gasteiger partial charge is 0.463 e. The van der Waals surface area contributed by atoms with Crippen LogP contribution in [0.3, 0.4) is 0 Å². The molecule has 1 unspecified atom stereocenters. The number of benzene rings is 2. The molecular formula is C21H23N5O3. The predicted octanol–water partition coefficient (Wildman–Crippen LogP) is 2.40. The van der Waals surface area contributed by atoms with E-state index in [4.69, 9.17) is 4.74 Å². The molecule has 1 aromatic heterocycles. The minimum absolute atomic E-state index is 0.0756. The molecule has 1 heterocycles. The molecule has 0 saturated heterocycles. The Morgan fingerprint density at radius 3 is 2.41 bits per heavy atom. The monoisotopic (exact) mass is 393 g/mol. The van der Waals surface area contributed by atoms with Crippen LogP contribution in [0, 0.1) is 0 Å². The number of carbonyl (C=O) groups is 2. The topological polar surface area (TPSA) is 99.0 Å². The number of rotatable bonds is 8. The van der Waals surface area contributed by atoms with E-state index >= 15 is 0 Å². The van der Waals surface area contributed by atoms with Gasteiger partial charge in [0.2, 0.25) is 5.91 Å². The van der Waals surface area contributed by atoms with E-state index in [-0.39, 0.29) is 30.8 Å². The van der Waals surface area contributed by atoms with E-state index in [9.17, 15) is 9.59 Å². The molecule has 0 aliphatic carbocycles. The average Bonchev–Trinajstić information content (AvgIpc) is 3.23. The lowest BCUT2D eigenvalue weighted by Crippen LogP contribution is -2.32. The highest BCUT2D eigenvalue weighted by Crippen LogP contribution is 2.18. The smallest absolute Gasteiger partial charge is 0.308 e. The van der Waals surface area contributed by atoms with Crippen molar-refractivity contribution in [3.05, 3.63) is 72.1 Å². The van der Waals surface area contributed by atoms with Crippen LogP contribution in [0.4, 0.5) is 0 Å². The Hall–Kier alpha value is -3.55. The minimum Gasteiger partial charge on any atom is -0.463 e. The Kier molecular flexibility index (Phi) is 6.67. The molecule has 150 valence electrons. The second-order valence-corrected chi connectivity index (χ2v) is 6.87. The van der Waals surface area contributed by atoms with Crippen LogP contribution >= 0.6 is 0 Å². The molecule has 8 nitrogen and oxygen atoms in total. The zero-order valence-corrected chi connectivity index (χ0v) is 16.4. The molecule has 0 aliphatic rings. The molecule has 1 atom stereocenters. The summed E-state index contributed by atoms with van der Waals surface area (Å²) in [5.41, 5.74) is 2.50. The highest BCUT2D eigenvalue weighted by molar-refractivity contribution is 5.80. The maximum Gasteiger partial charge on any atom is 0.308 e. The predicted molar refractivity (Wildman–Crippen MR) is 106 cm³/mol. The van der Waals surface area contributed by atoms with Gasteiger partial charge in [0.25, 0.3) is 0 Å². The third-order valence-electron chi connectivity index (χ3n) is 4.19. The standard InChI is InChI=1S/C21H23N5O3/c1-15(2)29-21(28)13-19(17-6-4-3-5-7-17)23-20(27)12-16-8-10-18(11-9-16)26-14-22-24-25-26/h3-11,14-15,19H,12-13H2,1-2H3,(H,23,27). The van der Waals surface area contributed by atoms with Gasteiger partial charge in [-0.1, -0.05) is 42.5 Å². The summed E-state index contributed by atoms with van der Waals surface area (Å²) in [6.07, 6.45) is 1.57. The van der Waals surface area contributed by atoms with E-state index in [2.05, 4.69) is 20.8 Å². The molecule has 0 bridgehead atoms. The fraction of sp³-hybridized carbons (Fsp3) is 0.286. The van der Waals surface area contributed by atoms with Gasteiger partial charge in [0.15, 0.2) is 0 Å².